The molecule has 2 aliphatic heterocycles. The van der Waals surface area contributed by atoms with Crippen LogP contribution in [0.2, 0.25) is 0 Å². The first kappa shape index (κ1) is 49.1. The minimum Gasteiger partial charge on any atom is -0.508 e. The number of aromatic hydroxyl groups is 2. The fraction of sp³-hybridized carbons (Fsp3) is 0.160. The van der Waals surface area contributed by atoms with Gasteiger partial charge in [-0.2, -0.15) is 17.6 Å². The molecule has 5 heterocycles. The molecule has 372 valence electrons. The largest absolute Gasteiger partial charge is 0.508 e. The summed E-state index contributed by atoms with van der Waals surface area (Å²) in [5, 5.41) is 83.0. The third kappa shape index (κ3) is 8.52. The first-order valence-electron chi connectivity index (χ1n) is 21.4. The Morgan fingerprint density at radius 3 is 1.29 bits per heavy atom. The van der Waals surface area contributed by atoms with E-state index in [9.17, 15) is 40.9 Å². The van der Waals surface area contributed by atoms with Crippen LogP contribution in [0.1, 0.15) is 35.0 Å². The molecule has 0 saturated carbocycles. The molecule has 7 aromatic rings. The van der Waals surface area contributed by atoms with Crippen LogP contribution in [0.4, 0.5) is 35.1 Å². The van der Waals surface area contributed by atoms with Crippen molar-refractivity contribution in [3.63, 3.8) is 0 Å². The van der Waals surface area contributed by atoms with Crippen molar-refractivity contribution >= 4 is 34.2 Å². The molecule has 0 radical (unpaired) electrons. The van der Waals surface area contributed by atoms with Crippen molar-refractivity contribution < 1.29 is 85.4 Å². The Balaban J connectivity index is 1.47. The van der Waals surface area contributed by atoms with E-state index in [0.717, 1.165) is 12.1 Å². The Morgan fingerprint density at radius 1 is 0.472 bits per heavy atom. The van der Waals surface area contributed by atoms with Crippen LogP contribution in [-0.4, -0.2) is 99.4 Å². The van der Waals surface area contributed by atoms with Gasteiger partial charge in [-0.25, -0.2) is 22.5 Å². The molecule has 8 bridgehead atoms. The monoisotopic (exact) mass is 1000 g/mol. The highest BCUT2D eigenvalue weighted by molar-refractivity contribution is 5.98. The van der Waals surface area contributed by atoms with Crippen LogP contribution < -0.4 is 9.47 Å². The van der Waals surface area contributed by atoms with Gasteiger partial charge in [0.05, 0.1) is 47.1 Å². The SMILES string of the molecule is OCC(O)COc1c(F)c(F)c(-c2c3nc(c(-c4cccc(O)c4)c4ccc([nH]4)c(-c4c(F)c(F)c(OCC(O)CO)c(F)c4F)c4nc(c(-c5cccc(O)c5)c5ccc2[nH]5)C(O)C4O)C=C3)c(F)c1F. The number of hydrogen-bond acceptors (Lipinski definition) is 12. The van der Waals surface area contributed by atoms with Crippen molar-refractivity contribution in [3.05, 3.63) is 142 Å². The van der Waals surface area contributed by atoms with Crippen molar-refractivity contribution in [2.75, 3.05) is 26.4 Å². The molecular weight excluding hydrogens is 969 g/mol. The summed E-state index contributed by atoms with van der Waals surface area (Å²) < 4.78 is 140. The second-order valence-electron chi connectivity index (χ2n) is 16.4. The minimum atomic E-state index is -2.30. The van der Waals surface area contributed by atoms with Gasteiger partial charge in [-0.3, -0.25) is 4.98 Å². The van der Waals surface area contributed by atoms with Gasteiger partial charge in [0.25, 0.3) is 0 Å². The predicted molar refractivity (Wildman–Crippen MR) is 242 cm³/mol. The Labute approximate surface area is 399 Å². The third-order valence-corrected chi connectivity index (χ3v) is 11.7. The van der Waals surface area contributed by atoms with Crippen LogP contribution in [-0.2, 0) is 0 Å². The summed E-state index contributed by atoms with van der Waals surface area (Å²) in [6, 6.07) is 15.3. The van der Waals surface area contributed by atoms with Crippen LogP contribution in [0.3, 0.4) is 0 Å². The van der Waals surface area contributed by atoms with E-state index in [1.165, 1.54) is 72.8 Å². The summed E-state index contributed by atoms with van der Waals surface area (Å²) in [7, 11) is 0. The van der Waals surface area contributed by atoms with E-state index < -0.39 is 148 Å². The Morgan fingerprint density at radius 2 is 0.847 bits per heavy atom. The highest BCUT2D eigenvalue weighted by atomic mass is 19.2. The number of ether oxygens (including phenoxy) is 2. The number of nitrogens with one attached hydrogen (secondary N) is 2. The maximum absolute atomic E-state index is 16.6. The topological polar surface area (TPSA) is 238 Å². The molecule has 22 heteroatoms. The quantitative estimate of drug-likeness (QED) is 0.0415. The zero-order valence-electron chi connectivity index (χ0n) is 36.5. The van der Waals surface area contributed by atoms with Crippen LogP contribution in [0.15, 0.2) is 72.8 Å². The number of benzene rings is 4. The fourth-order valence-corrected chi connectivity index (χ4v) is 8.37. The lowest BCUT2D eigenvalue weighted by Gasteiger charge is -2.16. The van der Waals surface area contributed by atoms with E-state index in [1.54, 1.807) is 0 Å². The summed E-state index contributed by atoms with van der Waals surface area (Å²) in [5.41, 5.74) is -7.33. The molecule has 0 spiro atoms. The van der Waals surface area contributed by atoms with Gasteiger partial charge in [0.1, 0.15) is 49.1 Å². The molecule has 0 saturated heterocycles. The van der Waals surface area contributed by atoms with Gasteiger partial charge >= 0.3 is 0 Å². The molecule has 14 nitrogen and oxygen atoms in total. The number of aromatic nitrogens is 4. The van der Waals surface area contributed by atoms with Gasteiger partial charge in [-0.05, 0) is 71.8 Å². The lowest BCUT2D eigenvalue weighted by molar-refractivity contribution is 0.0259. The second-order valence-corrected chi connectivity index (χ2v) is 16.4. The van der Waals surface area contributed by atoms with E-state index in [1.807, 2.05) is 0 Å². The number of aliphatic hydroxyl groups is 6. The van der Waals surface area contributed by atoms with E-state index in [2.05, 4.69) is 19.9 Å². The second kappa shape index (κ2) is 19.4. The zero-order valence-corrected chi connectivity index (χ0v) is 36.5. The van der Waals surface area contributed by atoms with E-state index in [-0.39, 0.29) is 61.7 Å². The number of hydrogen-bond donors (Lipinski definition) is 10. The van der Waals surface area contributed by atoms with Gasteiger partial charge < -0.3 is 60.3 Å². The molecule has 72 heavy (non-hydrogen) atoms. The number of nitrogens with zero attached hydrogens (tertiary/aromatic N) is 2. The highest BCUT2D eigenvalue weighted by Gasteiger charge is 2.38. The van der Waals surface area contributed by atoms with Crippen molar-refractivity contribution in [3.8, 4) is 67.5 Å². The first-order valence-corrected chi connectivity index (χ1v) is 21.4. The zero-order chi connectivity index (χ0) is 51.4. The van der Waals surface area contributed by atoms with E-state index >= 15 is 35.1 Å². The molecule has 4 aromatic carbocycles. The van der Waals surface area contributed by atoms with Crippen molar-refractivity contribution in [2.45, 2.75) is 24.4 Å². The van der Waals surface area contributed by atoms with Crippen molar-refractivity contribution in [2.24, 2.45) is 0 Å². The van der Waals surface area contributed by atoms with Crippen molar-refractivity contribution in [1.29, 1.82) is 0 Å². The molecule has 4 unspecified atom stereocenters. The fourth-order valence-electron chi connectivity index (χ4n) is 8.37. The first-order chi connectivity index (χ1) is 34.4. The molecule has 10 N–H and O–H groups in total. The van der Waals surface area contributed by atoms with Gasteiger partial charge in [0.15, 0.2) is 34.8 Å². The lowest BCUT2D eigenvalue weighted by Crippen LogP contribution is -2.22. The van der Waals surface area contributed by atoms with Crippen LogP contribution >= 0.6 is 0 Å². The Bertz CT molecular complexity index is 3470. The van der Waals surface area contributed by atoms with Gasteiger partial charge in [0.2, 0.25) is 23.3 Å². The lowest BCUT2D eigenvalue weighted by atomic mass is 9.96. The van der Waals surface area contributed by atoms with Crippen molar-refractivity contribution in [1.82, 2.24) is 19.9 Å². The summed E-state index contributed by atoms with van der Waals surface area (Å²) >= 11 is 0. The van der Waals surface area contributed by atoms with Crippen LogP contribution in [0.5, 0.6) is 23.0 Å². The van der Waals surface area contributed by atoms with E-state index in [0.29, 0.717) is 0 Å². The minimum absolute atomic E-state index is 0.00365. The highest BCUT2D eigenvalue weighted by Crippen LogP contribution is 2.48. The van der Waals surface area contributed by atoms with Crippen LogP contribution in [0.25, 0.3) is 78.7 Å². The Kier molecular flexibility index (Phi) is 13.2. The molecule has 4 atom stereocenters. The third-order valence-electron chi connectivity index (χ3n) is 11.7. The molecule has 2 aliphatic rings. The number of rotatable bonds is 12. The number of halogens is 8. The van der Waals surface area contributed by atoms with Crippen LogP contribution in [0, 0.1) is 46.5 Å². The van der Waals surface area contributed by atoms with E-state index in [4.69, 9.17) is 9.47 Å². The average molecular weight is 1000 g/mol. The number of phenols is 2. The maximum atomic E-state index is 16.6. The molecule has 0 fully saturated rings. The molecular formula is C50H36F8N4O10. The number of aliphatic hydroxyl groups excluding tert-OH is 6. The molecule has 3 aromatic heterocycles. The van der Waals surface area contributed by atoms with Gasteiger partial charge in [-0.15, -0.1) is 0 Å². The maximum Gasteiger partial charge on any atom is 0.204 e. The number of phenolic OH excluding ortho intramolecular Hbond substituents is 2. The number of H-pyrrole nitrogens is 2. The summed E-state index contributed by atoms with van der Waals surface area (Å²) in [5.74, 6) is -20.4. The number of aromatic amines is 2. The summed E-state index contributed by atoms with van der Waals surface area (Å²) in [4.78, 5) is 14.8. The molecule has 0 aliphatic carbocycles. The number of fused-ring (bicyclic) bond motifs is 8. The summed E-state index contributed by atoms with van der Waals surface area (Å²) in [6.07, 6.45) is -5.43. The standard InChI is InChI=1S/C50H36F8N4O10/c51-37-35(38(52)42(56)49(41(37)55)71-17-23(67)15-63)33-28-10-7-25(59-28)31(19-3-1-5-21(65)13-19)26-8-12-30(60-26)34(36-39(53)43(57)50(44(58)40(36)54)72-18-24(68)16-64)46-48(70)47(69)45(62-46)32(27-9-11-29(33)61-27)20-4-2-6-22(66)14-20/h1-14,23-24,47-48,60-61,63-70H,15-18H2. The normalized spacial score (nSPS) is 15.2. The van der Waals surface area contributed by atoms with Gasteiger partial charge in [0, 0.05) is 44.3 Å². The average Bonchev–Trinajstić information content (AvgIpc) is 4.20. The van der Waals surface area contributed by atoms with Gasteiger partial charge in [-0.1, -0.05) is 24.3 Å². The predicted octanol–water partition coefficient (Wildman–Crippen LogP) is 7.91. The summed E-state index contributed by atoms with van der Waals surface area (Å²) in [6.45, 7) is -3.87. The Hall–Kier alpha value is -7.86. The molecule has 0 amide bonds. The molecule has 9 rings (SSSR count). The smallest absolute Gasteiger partial charge is 0.204 e.